The Morgan fingerprint density at radius 2 is 0.848 bits per heavy atom. The van der Waals surface area contributed by atoms with Crippen molar-refractivity contribution in [3.8, 4) is 33.4 Å². The third kappa shape index (κ3) is 4.66. The van der Waals surface area contributed by atoms with Crippen LogP contribution in [0.1, 0.15) is 22.3 Å². The summed E-state index contributed by atoms with van der Waals surface area (Å²) in [5, 5.41) is 9.03. The van der Waals surface area contributed by atoms with E-state index < -0.39 is 5.41 Å². The zero-order chi connectivity index (χ0) is 43.1. The summed E-state index contributed by atoms with van der Waals surface area (Å²) in [4.78, 5) is 2.45. The fourth-order valence-electron chi connectivity index (χ4n) is 12.0. The molecule has 0 N–H and O–H groups in total. The summed E-state index contributed by atoms with van der Waals surface area (Å²) < 4.78 is 13.7. The van der Waals surface area contributed by atoms with Crippen LogP contribution in [0.15, 0.2) is 233 Å². The molecule has 0 radical (unpaired) electrons. The summed E-state index contributed by atoms with van der Waals surface area (Å²) in [7, 11) is 0. The zero-order valence-electron chi connectivity index (χ0n) is 35.6. The van der Waals surface area contributed by atoms with E-state index in [1.807, 2.05) is 6.07 Å². The number of furan rings is 2. The maximum absolute atomic E-state index is 7.14. The maximum atomic E-state index is 7.14. The van der Waals surface area contributed by atoms with Crippen molar-refractivity contribution in [2.24, 2.45) is 0 Å². The molecule has 2 heterocycles. The van der Waals surface area contributed by atoms with Gasteiger partial charge >= 0.3 is 0 Å². The number of rotatable bonds is 4. The van der Waals surface area contributed by atoms with Crippen LogP contribution in [0.4, 0.5) is 17.1 Å². The molecule has 15 rings (SSSR count). The first-order chi connectivity index (χ1) is 32.7. The van der Waals surface area contributed by atoms with Gasteiger partial charge in [0.25, 0.3) is 0 Å². The van der Waals surface area contributed by atoms with E-state index in [0.717, 1.165) is 72.1 Å². The van der Waals surface area contributed by atoms with Gasteiger partial charge in [-0.2, -0.15) is 0 Å². The van der Waals surface area contributed by atoms with Crippen LogP contribution in [-0.2, 0) is 5.41 Å². The smallest absolute Gasteiger partial charge is 0.143 e. The van der Waals surface area contributed by atoms with Gasteiger partial charge in [-0.1, -0.05) is 164 Å². The summed E-state index contributed by atoms with van der Waals surface area (Å²) in [6.07, 6.45) is 0. The average molecular weight is 840 g/mol. The van der Waals surface area contributed by atoms with E-state index in [-0.39, 0.29) is 0 Å². The Bertz CT molecular complexity index is 4130. The molecular formula is C63H37NO2. The standard InChI is InChI=1S/C63H37NO2/c1-2-17-39(18-3-1)64(40-30-31-48-47-24-10-14-28-55(47)63(56(48)37-40)53-26-12-8-22-45(53)46-23-9-13-27-54(46)63)41-35-51(50-34-38-16-4-5-19-42(38)43-20-6-7-21-44(43)50)62-52(36-41)61-59(66-62)33-32-58-60(61)49-25-11-15-29-57(49)65-58/h1-37H. The molecule has 1 spiro atoms. The lowest BCUT2D eigenvalue weighted by Crippen LogP contribution is -2.26. The second-order valence-corrected chi connectivity index (χ2v) is 17.9. The number of hydrogen-bond acceptors (Lipinski definition) is 3. The lowest BCUT2D eigenvalue weighted by Gasteiger charge is -2.32. The number of benzene rings is 11. The Morgan fingerprint density at radius 3 is 1.58 bits per heavy atom. The first-order valence-corrected chi connectivity index (χ1v) is 22.7. The zero-order valence-corrected chi connectivity index (χ0v) is 35.6. The van der Waals surface area contributed by atoms with Crippen molar-refractivity contribution in [2.45, 2.75) is 5.41 Å². The molecular weight excluding hydrogens is 803 g/mol. The lowest BCUT2D eigenvalue weighted by atomic mass is 9.70. The summed E-state index contributed by atoms with van der Waals surface area (Å²) in [6.45, 7) is 0. The van der Waals surface area contributed by atoms with Crippen LogP contribution < -0.4 is 4.90 Å². The van der Waals surface area contributed by atoms with Crippen LogP contribution in [0.5, 0.6) is 0 Å². The van der Waals surface area contributed by atoms with Crippen LogP contribution in [0.25, 0.3) is 98.8 Å². The minimum atomic E-state index is -0.481. The molecule has 306 valence electrons. The molecule has 2 aliphatic carbocycles. The highest BCUT2D eigenvalue weighted by molar-refractivity contribution is 6.28. The highest BCUT2D eigenvalue weighted by atomic mass is 16.3. The molecule has 0 unspecified atom stereocenters. The van der Waals surface area contributed by atoms with Gasteiger partial charge in [0, 0.05) is 44.2 Å². The van der Waals surface area contributed by atoms with Gasteiger partial charge in [-0.25, -0.2) is 0 Å². The molecule has 2 aliphatic rings. The highest BCUT2D eigenvalue weighted by Crippen LogP contribution is 2.63. The van der Waals surface area contributed by atoms with Crippen LogP contribution in [-0.4, -0.2) is 0 Å². The molecule has 3 heteroatoms. The van der Waals surface area contributed by atoms with Gasteiger partial charge in [0.05, 0.1) is 5.41 Å². The fourth-order valence-corrected chi connectivity index (χ4v) is 12.0. The molecule has 0 saturated heterocycles. The van der Waals surface area contributed by atoms with E-state index in [2.05, 4.69) is 223 Å². The van der Waals surface area contributed by atoms with E-state index in [1.165, 1.54) is 66.1 Å². The van der Waals surface area contributed by atoms with Crippen molar-refractivity contribution in [1.29, 1.82) is 0 Å². The summed E-state index contributed by atoms with van der Waals surface area (Å²) in [6, 6.07) is 82.1. The molecule has 0 bridgehead atoms. The normalized spacial score (nSPS) is 13.3. The van der Waals surface area contributed by atoms with Gasteiger partial charge in [-0.05, 0) is 132 Å². The summed E-state index contributed by atoms with van der Waals surface area (Å²) in [5.41, 5.74) is 18.6. The van der Waals surface area contributed by atoms with Gasteiger partial charge in [0.1, 0.15) is 22.3 Å². The number of nitrogens with zero attached hydrogens (tertiary/aromatic N) is 1. The fraction of sp³-hybridized carbons (Fsp3) is 0.0159. The highest BCUT2D eigenvalue weighted by Gasteiger charge is 2.51. The largest absolute Gasteiger partial charge is 0.456 e. The Morgan fingerprint density at radius 1 is 0.288 bits per heavy atom. The van der Waals surface area contributed by atoms with E-state index in [4.69, 9.17) is 8.83 Å². The van der Waals surface area contributed by atoms with E-state index >= 15 is 0 Å². The Kier molecular flexibility index (Phi) is 7.15. The van der Waals surface area contributed by atoms with Crippen LogP contribution in [0, 0.1) is 0 Å². The molecule has 2 aromatic heterocycles. The van der Waals surface area contributed by atoms with Gasteiger partial charge in [0.2, 0.25) is 0 Å². The second-order valence-electron chi connectivity index (χ2n) is 17.9. The van der Waals surface area contributed by atoms with Gasteiger partial charge in [-0.15, -0.1) is 0 Å². The Balaban J connectivity index is 1.07. The predicted octanol–water partition coefficient (Wildman–Crippen LogP) is 17.3. The summed E-state index contributed by atoms with van der Waals surface area (Å²) in [5.74, 6) is 0. The molecule has 13 aromatic rings. The van der Waals surface area contributed by atoms with Gasteiger partial charge in [0.15, 0.2) is 0 Å². The Hall–Kier alpha value is -8.66. The van der Waals surface area contributed by atoms with Crippen molar-refractivity contribution in [1.82, 2.24) is 0 Å². The quantitative estimate of drug-likeness (QED) is 0.165. The molecule has 0 aliphatic heterocycles. The minimum absolute atomic E-state index is 0.481. The van der Waals surface area contributed by atoms with Gasteiger partial charge in [-0.3, -0.25) is 0 Å². The van der Waals surface area contributed by atoms with Crippen LogP contribution in [0.3, 0.4) is 0 Å². The molecule has 0 saturated carbocycles. The van der Waals surface area contributed by atoms with Crippen molar-refractivity contribution >= 4 is 82.5 Å². The molecule has 3 nitrogen and oxygen atoms in total. The SMILES string of the molecule is c1ccc(N(c2ccc3c(c2)C2(c4ccccc4-c4ccccc42)c2ccccc2-3)c2cc(-c3cc4ccccc4c4ccccc34)c3oc4ccc5oc6ccccc6c5c4c3c2)cc1. The number of hydrogen-bond donors (Lipinski definition) is 0. The molecule has 11 aromatic carbocycles. The minimum Gasteiger partial charge on any atom is -0.456 e. The number of fused-ring (bicyclic) bond motifs is 20. The second kappa shape index (κ2) is 13.2. The van der Waals surface area contributed by atoms with Crippen LogP contribution >= 0.6 is 0 Å². The first-order valence-electron chi connectivity index (χ1n) is 22.7. The molecule has 0 atom stereocenters. The monoisotopic (exact) mass is 839 g/mol. The van der Waals surface area contributed by atoms with Gasteiger partial charge < -0.3 is 13.7 Å². The van der Waals surface area contributed by atoms with Crippen LogP contribution in [0.2, 0.25) is 0 Å². The van der Waals surface area contributed by atoms with Crippen molar-refractivity contribution in [3.63, 3.8) is 0 Å². The number of para-hydroxylation sites is 2. The third-order valence-corrected chi connectivity index (χ3v) is 14.6. The lowest BCUT2D eigenvalue weighted by molar-refractivity contribution is 0.663. The first kappa shape index (κ1) is 35.8. The molecule has 66 heavy (non-hydrogen) atoms. The molecule has 0 fully saturated rings. The van der Waals surface area contributed by atoms with E-state index in [1.54, 1.807) is 0 Å². The predicted molar refractivity (Wildman–Crippen MR) is 272 cm³/mol. The Labute approximate surface area is 380 Å². The van der Waals surface area contributed by atoms with E-state index in [0.29, 0.717) is 0 Å². The maximum Gasteiger partial charge on any atom is 0.143 e. The van der Waals surface area contributed by atoms with Crippen molar-refractivity contribution in [3.05, 3.63) is 247 Å². The van der Waals surface area contributed by atoms with E-state index in [9.17, 15) is 0 Å². The van der Waals surface area contributed by atoms with Crippen molar-refractivity contribution < 1.29 is 8.83 Å². The average Bonchev–Trinajstić information content (AvgIpc) is 4.11. The molecule has 0 amide bonds. The summed E-state index contributed by atoms with van der Waals surface area (Å²) >= 11 is 0. The third-order valence-electron chi connectivity index (χ3n) is 14.6. The number of anilines is 3. The topological polar surface area (TPSA) is 29.5 Å². The van der Waals surface area contributed by atoms with Crippen molar-refractivity contribution in [2.75, 3.05) is 4.90 Å².